The van der Waals surface area contributed by atoms with Gasteiger partial charge in [0.25, 0.3) is 5.91 Å². The summed E-state index contributed by atoms with van der Waals surface area (Å²) in [6.07, 6.45) is 3.77. The number of hydrogen-bond acceptors (Lipinski definition) is 8. The van der Waals surface area contributed by atoms with Crippen LogP contribution in [0.25, 0.3) is 0 Å². The van der Waals surface area contributed by atoms with Gasteiger partial charge < -0.3 is 14.4 Å². The van der Waals surface area contributed by atoms with Crippen molar-refractivity contribution in [2.24, 2.45) is 0 Å². The molecule has 1 N–H and O–H groups in total. The van der Waals surface area contributed by atoms with E-state index in [1.54, 1.807) is 30.5 Å². The molecule has 0 atom stereocenters. The summed E-state index contributed by atoms with van der Waals surface area (Å²) in [6, 6.07) is 9.05. The van der Waals surface area contributed by atoms with E-state index in [0.29, 0.717) is 33.1 Å². The van der Waals surface area contributed by atoms with Crippen molar-refractivity contribution in [3.63, 3.8) is 0 Å². The Morgan fingerprint density at radius 1 is 1.31 bits per heavy atom. The number of carbonyl (C=O) groups is 1. The van der Waals surface area contributed by atoms with Crippen LogP contribution in [0.5, 0.6) is 5.75 Å². The zero-order valence-corrected chi connectivity index (χ0v) is 19.1. The van der Waals surface area contributed by atoms with Crippen molar-refractivity contribution in [1.82, 2.24) is 15.2 Å². The number of rotatable bonds is 6. The molecule has 1 aliphatic carbocycles. The van der Waals surface area contributed by atoms with E-state index in [4.69, 9.17) is 21.1 Å². The number of morpholine rings is 1. The second-order valence-corrected chi connectivity index (χ2v) is 9.49. The largest absolute Gasteiger partial charge is 0.486 e. The minimum atomic E-state index is -0.259. The Hall–Kier alpha value is -2.75. The third kappa shape index (κ3) is 4.69. The van der Waals surface area contributed by atoms with E-state index in [0.717, 1.165) is 37.3 Å². The molecule has 1 spiro atoms. The van der Waals surface area contributed by atoms with E-state index in [1.165, 1.54) is 11.3 Å². The first-order valence-corrected chi connectivity index (χ1v) is 11.6. The average molecular weight is 472 g/mol. The molecule has 166 valence electrons. The van der Waals surface area contributed by atoms with Gasteiger partial charge in [0.15, 0.2) is 5.01 Å². The molecule has 0 bridgehead atoms. The molecular weight excluding hydrogens is 450 g/mol. The summed E-state index contributed by atoms with van der Waals surface area (Å²) in [5, 5.41) is 12.8. The summed E-state index contributed by atoms with van der Waals surface area (Å²) >= 11 is 7.16. The highest BCUT2D eigenvalue weighted by Crippen LogP contribution is 2.43. The first kappa shape index (κ1) is 21.1. The molecule has 1 saturated heterocycles. The second kappa shape index (κ2) is 8.65. The van der Waals surface area contributed by atoms with Crippen molar-refractivity contribution in [3.8, 4) is 5.75 Å². The van der Waals surface area contributed by atoms with Gasteiger partial charge in [-0.05, 0) is 50.1 Å². The van der Waals surface area contributed by atoms with Crippen molar-refractivity contribution < 1.29 is 14.3 Å². The van der Waals surface area contributed by atoms with Crippen LogP contribution in [0.4, 0.5) is 10.8 Å². The Morgan fingerprint density at radius 3 is 2.91 bits per heavy atom. The van der Waals surface area contributed by atoms with E-state index in [2.05, 4.69) is 25.4 Å². The Balaban J connectivity index is 1.27. The Morgan fingerprint density at radius 2 is 2.12 bits per heavy atom. The van der Waals surface area contributed by atoms with Gasteiger partial charge in [0, 0.05) is 30.0 Å². The number of amides is 1. The lowest BCUT2D eigenvalue weighted by Crippen LogP contribution is -2.44. The van der Waals surface area contributed by atoms with Gasteiger partial charge in [0.05, 0.1) is 23.5 Å². The zero-order chi connectivity index (χ0) is 22.1. The van der Waals surface area contributed by atoms with E-state index < -0.39 is 0 Å². The molecule has 1 aliphatic heterocycles. The van der Waals surface area contributed by atoms with E-state index >= 15 is 0 Å². The number of ether oxygens (including phenoxy) is 2. The summed E-state index contributed by atoms with van der Waals surface area (Å²) in [5.74, 6) is 0.426. The van der Waals surface area contributed by atoms with Gasteiger partial charge in [0.1, 0.15) is 12.4 Å². The summed E-state index contributed by atoms with van der Waals surface area (Å²) in [7, 11) is 0. The van der Waals surface area contributed by atoms with Crippen molar-refractivity contribution in [2.45, 2.75) is 32.0 Å². The lowest BCUT2D eigenvalue weighted by Gasteiger charge is -2.35. The molecule has 1 saturated carbocycles. The highest BCUT2D eigenvalue weighted by atomic mass is 35.5. The molecule has 3 aromatic rings. The molecule has 2 aliphatic rings. The predicted octanol–water partition coefficient (Wildman–Crippen LogP) is 4.10. The highest BCUT2D eigenvalue weighted by Gasteiger charge is 2.47. The van der Waals surface area contributed by atoms with Crippen molar-refractivity contribution >= 4 is 39.7 Å². The number of pyridine rings is 1. The highest BCUT2D eigenvalue weighted by molar-refractivity contribution is 7.15. The van der Waals surface area contributed by atoms with Gasteiger partial charge in [0.2, 0.25) is 5.13 Å². The topological polar surface area (TPSA) is 89.5 Å². The van der Waals surface area contributed by atoms with Gasteiger partial charge in [-0.2, -0.15) is 0 Å². The third-order valence-electron chi connectivity index (χ3n) is 5.52. The van der Waals surface area contributed by atoms with Gasteiger partial charge >= 0.3 is 0 Å². The molecule has 2 fully saturated rings. The number of aromatic nitrogens is 3. The van der Waals surface area contributed by atoms with Gasteiger partial charge in [-0.25, -0.2) is 0 Å². The smallest absolute Gasteiger partial charge is 0.261 e. The van der Waals surface area contributed by atoms with Crippen LogP contribution in [0, 0.1) is 6.92 Å². The molecule has 10 heteroatoms. The van der Waals surface area contributed by atoms with Gasteiger partial charge in [-0.3, -0.25) is 15.1 Å². The van der Waals surface area contributed by atoms with Crippen molar-refractivity contribution in [1.29, 1.82) is 0 Å². The number of benzene rings is 1. The third-order valence-corrected chi connectivity index (χ3v) is 6.59. The van der Waals surface area contributed by atoms with E-state index in [-0.39, 0.29) is 18.1 Å². The maximum absolute atomic E-state index is 13.1. The maximum atomic E-state index is 13.1. The fraction of sp³-hybridized carbons (Fsp3) is 0.364. The van der Waals surface area contributed by atoms with Crippen LogP contribution in [0.15, 0.2) is 36.5 Å². The number of anilines is 2. The molecule has 1 aromatic carbocycles. The minimum absolute atomic E-state index is 0.0403. The van der Waals surface area contributed by atoms with Crippen LogP contribution in [-0.2, 0) is 11.3 Å². The molecule has 32 heavy (non-hydrogen) atoms. The summed E-state index contributed by atoms with van der Waals surface area (Å²) < 4.78 is 11.6. The number of carbonyl (C=O) groups excluding carboxylic acids is 1. The van der Waals surface area contributed by atoms with Crippen LogP contribution < -0.4 is 15.0 Å². The van der Waals surface area contributed by atoms with Crippen molar-refractivity contribution in [2.75, 3.05) is 29.9 Å². The summed E-state index contributed by atoms with van der Waals surface area (Å²) in [6.45, 7) is 4.38. The summed E-state index contributed by atoms with van der Waals surface area (Å²) in [4.78, 5) is 19.6. The van der Waals surface area contributed by atoms with Crippen molar-refractivity contribution in [3.05, 3.63) is 57.8 Å². The molecule has 0 radical (unpaired) electrons. The standard InChI is InChI=1S/C22H22ClN5O3S/c1-14-10-18(28-8-9-31-22(13-28)6-7-22)17(11-24-14)20(29)25-21-27-26-19(32-21)12-30-16-4-2-15(23)3-5-16/h2-5,10-11H,6-9,12-13H2,1H3,(H,25,27,29). The molecule has 8 nitrogen and oxygen atoms in total. The molecule has 1 amide bonds. The van der Waals surface area contributed by atoms with Crippen LogP contribution in [0.3, 0.4) is 0 Å². The lowest BCUT2D eigenvalue weighted by atomic mass is 10.1. The van der Waals surface area contributed by atoms with Crippen LogP contribution >= 0.6 is 22.9 Å². The first-order valence-electron chi connectivity index (χ1n) is 10.4. The Bertz CT molecular complexity index is 1130. The monoisotopic (exact) mass is 471 g/mol. The predicted molar refractivity (Wildman–Crippen MR) is 123 cm³/mol. The van der Waals surface area contributed by atoms with Crippen LogP contribution in [0.1, 0.15) is 33.9 Å². The van der Waals surface area contributed by atoms with Gasteiger partial charge in [-0.1, -0.05) is 22.9 Å². The quantitative estimate of drug-likeness (QED) is 0.579. The molecule has 5 rings (SSSR count). The Labute approximate surface area is 194 Å². The zero-order valence-electron chi connectivity index (χ0n) is 17.5. The number of aryl methyl sites for hydroxylation is 1. The summed E-state index contributed by atoms with van der Waals surface area (Å²) in [5.41, 5.74) is 2.22. The molecule has 3 heterocycles. The molecule has 0 unspecified atom stereocenters. The number of nitrogens with zero attached hydrogens (tertiary/aromatic N) is 4. The van der Waals surface area contributed by atoms with Gasteiger partial charge in [-0.15, -0.1) is 10.2 Å². The van der Waals surface area contributed by atoms with Crippen LogP contribution in [-0.4, -0.2) is 46.4 Å². The fourth-order valence-electron chi connectivity index (χ4n) is 3.68. The average Bonchev–Trinajstić information content (AvgIpc) is 3.37. The maximum Gasteiger partial charge on any atom is 0.261 e. The van der Waals surface area contributed by atoms with E-state index in [9.17, 15) is 4.79 Å². The Kier molecular flexibility index (Phi) is 5.71. The number of hydrogen-bond donors (Lipinski definition) is 1. The lowest BCUT2D eigenvalue weighted by molar-refractivity contribution is 0.0205. The molecular formula is C22H22ClN5O3S. The second-order valence-electron chi connectivity index (χ2n) is 7.99. The first-order chi connectivity index (χ1) is 15.5. The van der Waals surface area contributed by atoms with E-state index in [1.807, 2.05) is 13.0 Å². The van der Waals surface area contributed by atoms with Crippen LogP contribution in [0.2, 0.25) is 5.02 Å². The SMILES string of the molecule is Cc1cc(N2CCOC3(CC3)C2)c(C(=O)Nc2nnc(COc3ccc(Cl)cc3)s2)cn1. The fourth-order valence-corrected chi connectivity index (χ4v) is 4.45. The molecule has 2 aromatic heterocycles. The normalized spacial score (nSPS) is 16.8. The number of halogens is 1. The number of nitrogens with one attached hydrogen (secondary N) is 1. The minimum Gasteiger partial charge on any atom is -0.486 e.